The van der Waals surface area contributed by atoms with Crippen LogP contribution in [0.25, 0.3) is 0 Å². The summed E-state index contributed by atoms with van der Waals surface area (Å²) < 4.78 is 0. The van der Waals surface area contributed by atoms with E-state index in [0.29, 0.717) is 5.71 Å². The first-order chi connectivity index (χ1) is 10.1. The number of urea groups is 1. The highest BCUT2D eigenvalue weighted by molar-refractivity contribution is 7.99. The van der Waals surface area contributed by atoms with Crippen LogP contribution in [-0.4, -0.2) is 11.7 Å². The first-order valence-corrected chi connectivity index (χ1v) is 7.23. The van der Waals surface area contributed by atoms with E-state index in [-0.39, 0.29) is 0 Å². The van der Waals surface area contributed by atoms with Gasteiger partial charge in [-0.1, -0.05) is 30.0 Å². The number of anilines is 2. The van der Waals surface area contributed by atoms with E-state index in [1.807, 2.05) is 43.3 Å². The number of carbonyl (C=O) groups excluding carboxylic acids is 1. The summed E-state index contributed by atoms with van der Waals surface area (Å²) in [5, 5.41) is 7.36. The molecule has 0 radical (unpaired) electrons. The maximum atomic E-state index is 10.7. The third-order valence-corrected chi connectivity index (χ3v) is 4.26. The molecule has 5 nitrogen and oxygen atoms in total. The Morgan fingerprint density at radius 3 is 2.76 bits per heavy atom. The zero-order valence-electron chi connectivity index (χ0n) is 11.4. The summed E-state index contributed by atoms with van der Waals surface area (Å²) in [6, 6.07) is 13.5. The number of benzene rings is 2. The van der Waals surface area contributed by atoms with Gasteiger partial charge >= 0.3 is 6.03 Å². The highest BCUT2D eigenvalue weighted by Crippen LogP contribution is 2.44. The highest BCUT2D eigenvalue weighted by atomic mass is 32.2. The van der Waals surface area contributed by atoms with Crippen LogP contribution in [0.4, 0.5) is 16.2 Å². The van der Waals surface area contributed by atoms with E-state index in [1.165, 1.54) is 4.90 Å². The maximum Gasteiger partial charge on any atom is 0.332 e. The lowest BCUT2D eigenvalue weighted by atomic mass is 10.1. The van der Waals surface area contributed by atoms with E-state index < -0.39 is 6.03 Å². The molecule has 0 aromatic heterocycles. The summed E-state index contributed by atoms with van der Waals surface area (Å²) in [4.78, 5) is 13.1. The predicted molar refractivity (Wildman–Crippen MR) is 85.2 cm³/mol. The number of hydrogen-bond donors (Lipinski definition) is 3. The molecule has 1 aliphatic heterocycles. The van der Waals surface area contributed by atoms with Gasteiger partial charge in [0.2, 0.25) is 0 Å². The van der Waals surface area contributed by atoms with E-state index in [2.05, 4.69) is 21.9 Å². The molecule has 2 amide bonds. The molecule has 2 aromatic rings. The molecule has 6 heteroatoms. The van der Waals surface area contributed by atoms with E-state index in [1.54, 1.807) is 11.8 Å². The fourth-order valence-electron chi connectivity index (χ4n) is 2.07. The van der Waals surface area contributed by atoms with Crippen LogP contribution in [0.3, 0.4) is 0 Å². The van der Waals surface area contributed by atoms with Gasteiger partial charge in [-0.25, -0.2) is 10.2 Å². The molecule has 0 unspecified atom stereocenters. The van der Waals surface area contributed by atoms with Crippen molar-refractivity contribution in [2.75, 3.05) is 5.32 Å². The van der Waals surface area contributed by atoms with Gasteiger partial charge in [0.1, 0.15) is 0 Å². The van der Waals surface area contributed by atoms with Crippen LogP contribution in [0.2, 0.25) is 0 Å². The molecule has 0 saturated carbocycles. The molecule has 3 rings (SSSR count). The Kier molecular flexibility index (Phi) is 3.53. The topological polar surface area (TPSA) is 79.5 Å². The number of amides is 2. The third kappa shape index (κ3) is 2.85. The van der Waals surface area contributed by atoms with Crippen LogP contribution in [0.15, 0.2) is 57.4 Å². The number of fused-ring (bicyclic) bond motifs is 2. The van der Waals surface area contributed by atoms with Crippen LogP contribution in [0.5, 0.6) is 0 Å². The quantitative estimate of drug-likeness (QED) is 0.502. The first-order valence-electron chi connectivity index (χ1n) is 6.41. The zero-order chi connectivity index (χ0) is 14.8. The average Bonchev–Trinajstić information content (AvgIpc) is 2.50. The van der Waals surface area contributed by atoms with Crippen molar-refractivity contribution >= 4 is 34.9 Å². The number of hydrazone groups is 1. The van der Waals surface area contributed by atoms with Crippen molar-refractivity contribution in [3.8, 4) is 0 Å². The van der Waals surface area contributed by atoms with Crippen LogP contribution in [0.1, 0.15) is 12.5 Å². The van der Waals surface area contributed by atoms with Gasteiger partial charge in [0.25, 0.3) is 0 Å². The Labute approximate surface area is 126 Å². The van der Waals surface area contributed by atoms with Crippen molar-refractivity contribution in [3.63, 3.8) is 0 Å². The van der Waals surface area contributed by atoms with E-state index >= 15 is 0 Å². The molecule has 1 heterocycles. The summed E-state index contributed by atoms with van der Waals surface area (Å²) in [5.41, 5.74) is 11.0. The summed E-state index contributed by atoms with van der Waals surface area (Å²) in [6.07, 6.45) is 0. The number of nitrogens with zero attached hydrogens (tertiary/aromatic N) is 1. The molecule has 2 aromatic carbocycles. The minimum atomic E-state index is -0.671. The Hall–Kier alpha value is -2.47. The molecular formula is C15H14N4OS. The van der Waals surface area contributed by atoms with Crippen LogP contribution in [-0.2, 0) is 0 Å². The van der Waals surface area contributed by atoms with Gasteiger partial charge in [-0.3, -0.25) is 0 Å². The summed E-state index contributed by atoms with van der Waals surface area (Å²) in [7, 11) is 0. The second-order valence-electron chi connectivity index (χ2n) is 4.61. The van der Waals surface area contributed by atoms with E-state index in [9.17, 15) is 4.79 Å². The maximum absolute atomic E-state index is 10.7. The fourth-order valence-corrected chi connectivity index (χ4v) is 3.04. The lowest BCUT2D eigenvalue weighted by molar-refractivity contribution is 0.249. The second kappa shape index (κ2) is 5.49. The Balaban J connectivity index is 1.90. The number of hydrogen-bond acceptors (Lipinski definition) is 4. The van der Waals surface area contributed by atoms with E-state index in [4.69, 9.17) is 5.73 Å². The number of nitrogens with one attached hydrogen (secondary N) is 2. The van der Waals surface area contributed by atoms with E-state index in [0.717, 1.165) is 21.8 Å². The van der Waals surface area contributed by atoms with Crippen molar-refractivity contribution in [1.82, 2.24) is 5.43 Å². The van der Waals surface area contributed by atoms with Crippen molar-refractivity contribution in [3.05, 3.63) is 48.0 Å². The number of para-hydroxylation sites is 1. The molecule has 1 aliphatic rings. The van der Waals surface area contributed by atoms with Gasteiger partial charge < -0.3 is 11.1 Å². The molecule has 0 saturated heterocycles. The normalized spacial score (nSPS) is 12.9. The summed E-state index contributed by atoms with van der Waals surface area (Å²) >= 11 is 1.73. The van der Waals surface area contributed by atoms with Crippen molar-refractivity contribution in [2.45, 2.75) is 16.7 Å². The second-order valence-corrected chi connectivity index (χ2v) is 5.69. The van der Waals surface area contributed by atoms with Crippen LogP contribution in [0, 0.1) is 0 Å². The first kappa shape index (κ1) is 13.5. The Bertz CT molecular complexity index is 742. The smallest absolute Gasteiger partial charge is 0.332 e. The Morgan fingerprint density at radius 1 is 1.19 bits per heavy atom. The molecule has 0 bridgehead atoms. The van der Waals surface area contributed by atoms with Gasteiger partial charge in [-0.15, -0.1) is 0 Å². The molecule has 0 spiro atoms. The lowest BCUT2D eigenvalue weighted by Gasteiger charge is -2.21. The zero-order valence-corrected chi connectivity index (χ0v) is 12.2. The molecule has 0 atom stereocenters. The minimum Gasteiger partial charge on any atom is -0.354 e. The van der Waals surface area contributed by atoms with Gasteiger partial charge in [0.05, 0.1) is 17.1 Å². The predicted octanol–water partition coefficient (Wildman–Crippen LogP) is 3.29. The van der Waals surface area contributed by atoms with Crippen molar-refractivity contribution < 1.29 is 4.79 Å². The standard InChI is InChI=1S/C15H14N4OS/c1-9(18-19-15(16)20)10-6-7-14-12(8-10)17-11-4-2-3-5-13(11)21-14/h2-8,17H,1H3,(H3,16,19,20)/b18-9-. The minimum absolute atomic E-state index is 0.671. The number of carbonyl (C=O) groups is 1. The molecule has 21 heavy (non-hydrogen) atoms. The van der Waals surface area contributed by atoms with Crippen molar-refractivity contribution in [1.29, 1.82) is 0 Å². The van der Waals surface area contributed by atoms with Gasteiger partial charge in [0, 0.05) is 9.79 Å². The number of rotatable bonds is 2. The van der Waals surface area contributed by atoms with Gasteiger partial charge in [-0.05, 0) is 36.8 Å². The summed E-state index contributed by atoms with van der Waals surface area (Å²) in [5.74, 6) is 0. The third-order valence-electron chi connectivity index (χ3n) is 3.11. The molecular weight excluding hydrogens is 284 g/mol. The fraction of sp³-hybridized carbons (Fsp3) is 0.0667. The average molecular weight is 298 g/mol. The SMILES string of the molecule is C/C(=N/NC(N)=O)c1ccc2c(c1)Nc1ccccc1S2. The number of nitrogens with two attached hydrogens (primary N) is 1. The van der Waals surface area contributed by atoms with Gasteiger partial charge in [-0.2, -0.15) is 5.10 Å². The molecule has 106 valence electrons. The summed E-state index contributed by atoms with van der Waals surface area (Å²) in [6.45, 7) is 1.82. The number of primary amides is 1. The Morgan fingerprint density at radius 2 is 1.95 bits per heavy atom. The van der Waals surface area contributed by atoms with Crippen molar-refractivity contribution in [2.24, 2.45) is 10.8 Å². The molecule has 0 aliphatic carbocycles. The highest BCUT2D eigenvalue weighted by Gasteiger charge is 2.15. The largest absolute Gasteiger partial charge is 0.354 e. The molecule has 0 fully saturated rings. The van der Waals surface area contributed by atoms with Crippen LogP contribution < -0.4 is 16.5 Å². The molecule has 4 N–H and O–H groups in total. The lowest BCUT2D eigenvalue weighted by Crippen LogP contribution is -2.25. The monoisotopic (exact) mass is 298 g/mol. The van der Waals surface area contributed by atoms with Gasteiger partial charge in [0.15, 0.2) is 0 Å². The van der Waals surface area contributed by atoms with Crippen LogP contribution >= 0.6 is 11.8 Å².